The second kappa shape index (κ2) is 4.54. The maximum absolute atomic E-state index is 4.32. The molecule has 0 radical (unpaired) electrons. The van der Waals surface area contributed by atoms with Crippen molar-refractivity contribution >= 4 is 27.2 Å². The van der Waals surface area contributed by atoms with Crippen molar-refractivity contribution in [2.45, 2.75) is 45.6 Å². The van der Waals surface area contributed by atoms with Gasteiger partial charge in [-0.1, -0.05) is 20.3 Å². The van der Waals surface area contributed by atoms with Crippen LogP contribution in [-0.4, -0.2) is 11.0 Å². The highest BCUT2D eigenvalue weighted by Crippen LogP contribution is 2.36. The predicted octanol–water partition coefficient (Wildman–Crippen LogP) is 4.68. The lowest BCUT2D eigenvalue weighted by Gasteiger charge is -2.36. The first-order valence-electron chi connectivity index (χ1n) is 6.72. The minimum atomic E-state index is 0.491. The average Bonchev–Trinajstić information content (AvgIpc) is 2.74. The second-order valence-corrected chi connectivity index (χ2v) is 7.02. The van der Waals surface area contributed by atoms with Gasteiger partial charge >= 0.3 is 0 Å². The summed E-state index contributed by atoms with van der Waals surface area (Å²) in [4.78, 5) is 4.32. The highest BCUT2D eigenvalue weighted by atomic mass is 32.1. The standard InChI is InChI=1S/C15H20N2S/c1-15(2)7-3-4-12(9-15)17-11-5-6-13-14(8-11)18-10-16-13/h5-6,8,10,12,17H,3-4,7,9H2,1-2H3. The molecule has 2 nitrogen and oxygen atoms in total. The second-order valence-electron chi connectivity index (χ2n) is 6.14. The summed E-state index contributed by atoms with van der Waals surface area (Å²) in [6.45, 7) is 4.76. The van der Waals surface area contributed by atoms with E-state index in [1.54, 1.807) is 11.3 Å². The summed E-state index contributed by atoms with van der Waals surface area (Å²) in [5, 5.41) is 3.70. The van der Waals surface area contributed by atoms with Crippen molar-refractivity contribution in [1.82, 2.24) is 4.98 Å². The summed E-state index contributed by atoms with van der Waals surface area (Å²) in [6, 6.07) is 7.12. The molecule has 96 valence electrons. The van der Waals surface area contributed by atoms with Gasteiger partial charge in [-0.05, 0) is 42.9 Å². The fraction of sp³-hybridized carbons (Fsp3) is 0.533. The maximum atomic E-state index is 4.32. The number of rotatable bonds is 2. The van der Waals surface area contributed by atoms with Gasteiger partial charge in [0.25, 0.3) is 0 Å². The molecule has 2 aromatic rings. The SMILES string of the molecule is CC1(C)CCCC(Nc2ccc3ncsc3c2)C1. The van der Waals surface area contributed by atoms with Crippen LogP contribution in [0.5, 0.6) is 0 Å². The number of thiazole rings is 1. The van der Waals surface area contributed by atoms with Gasteiger partial charge in [0.05, 0.1) is 15.7 Å². The van der Waals surface area contributed by atoms with Crippen molar-refractivity contribution in [2.24, 2.45) is 5.41 Å². The molecule has 1 unspecified atom stereocenters. The monoisotopic (exact) mass is 260 g/mol. The quantitative estimate of drug-likeness (QED) is 0.848. The largest absolute Gasteiger partial charge is 0.382 e. The van der Waals surface area contributed by atoms with Crippen LogP contribution >= 0.6 is 11.3 Å². The number of hydrogen-bond acceptors (Lipinski definition) is 3. The molecule has 1 aromatic carbocycles. The Morgan fingerprint density at radius 2 is 2.28 bits per heavy atom. The minimum absolute atomic E-state index is 0.491. The molecule has 1 saturated carbocycles. The summed E-state index contributed by atoms with van der Waals surface area (Å²) in [6.07, 6.45) is 5.27. The molecule has 1 heterocycles. The molecule has 0 spiro atoms. The number of anilines is 1. The highest BCUT2D eigenvalue weighted by molar-refractivity contribution is 7.16. The van der Waals surface area contributed by atoms with Crippen molar-refractivity contribution in [3.63, 3.8) is 0 Å². The lowest BCUT2D eigenvalue weighted by Crippen LogP contribution is -2.31. The van der Waals surface area contributed by atoms with E-state index in [1.165, 1.54) is 36.1 Å². The summed E-state index contributed by atoms with van der Waals surface area (Å²) in [7, 11) is 0. The molecule has 3 rings (SSSR count). The van der Waals surface area contributed by atoms with Gasteiger partial charge in [0, 0.05) is 11.7 Å². The van der Waals surface area contributed by atoms with Crippen LogP contribution in [0.1, 0.15) is 39.5 Å². The van der Waals surface area contributed by atoms with Crippen molar-refractivity contribution in [3.05, 3.63) is 23.7 Å². The van der Waals surface area contributed by atoms with Crippen LogP contribution in [0.4, 0.5) is 5.69 Å². The third-order valence-electron chi connectivity index (χ3n) is 3.91. The molecule has 1 aliphatic rings. The zero-order valence-corrected chi connectivity index (χ0v) is 11.9. The molecular formula is C15H20N2S. The van der Waals surface area contributed by atoms with Gasteiger partial charge in [0.15, 0.2) is 0 Å². The van der Waals surface area contributed by atoms with E-state index in [1.807, 2.05) is 5.51 Å². The average molecular weight is 260 g/mol. The number of nitrogens with one attached hydrogen (secondary N) is 1. The Labute approximate surface area is 112 Å². The highest BCUT2D eigenvalue weighted by Gasteiger charge is 2.27. The molecule has 3 heteroatoms. The van der Waals surface area contributed by atoms with Crippen molar-refractivity contribution in [1.29, 1.82) is 0 Å². The van der Waals surface area contributed by atoms with Crippen LogP contribution in [0.15, 0.2) is 23.7 Å². The van der Waals surface area contributed by atoms with Gasteiger partial charge in [0.1, 0.15) is 0 Å². The van der Waals surface area contributed by atoms with E-state index >= 15 is 0 Å². The van der Waals surface area contributed by atoms with E-state index in [0.29, 0.717) is 11.5 Å². The summed E-state index contributed by atoms with van der Waals surface area (Å²) in [5.41, 5.74) is 4.76. The Balaban J connectivity index is 1.75. The van der Waals surface area contributed by atoms with Gasteiger partial charge in [0.2, 0.25) is 0 Å². The molecule has 18 heavy (non-hydrogen) atoms. The fourth-order valence-electron chi connectivity index (χ4n) is 3.00. The normalized spacial score (nSPS) is 23.1. The topological polar surface area (TPSA) is 24.9 Å². The van der Waals surface area contributed by atoms with E-state index in [4.69, 9.17) is 0 Å². The smallest absolute Gasteiger partial charge is 0.0813 e. The molecular weight excluding hydrogens is 240 g/mol. The summed E-state index contributed by atoms with van der Waals surface area (Å²) >= 11 is 1.71. The molecule has 0 saturated heterocycles. The number of nitrogens with zero attached hydrogens (tertiary/aromatic N) is 1. The van der Waals surface area contributed by atoms with E-state index in [2.05, 4.69) is 42.3 Å². The number of fused-ring (bicyclic) bond motifs is 1. The van der Waals surface area contributed by atoms with Crippen molar-refractivity contribution in [2.75, 3.05) is 5.32 Å². The van der Waals surface area contributed by atoms with E-state index in [0.717, 1.165) is 5.52 Å². The first-order valence-corrected chi connectivity index (χ1v) is 7.60. The van der Waals surface area contributed by atoms with E-state index < -0.39 is 0 Å². The third kappa shape index (κ3) is 2.51. The van der Waals surface area contributed by atoms with Gasteiger partial charge in [-0.25, -0.2) is 4.98 Å². The molecule has 0 bridgehead atoms. The number of benzene rings is 1. The Bertz CT molecular complexity index is 544. The number of hydrogen-bond donors (Lipinski definition) is 1. The van der Waals surface area contributed by atoms with E-state index in [-0.39, 0.29) is 0 Å². The van der Waals surface area contributed by atoms with Gasteiger partial charge < -0.3 is 5.32 Å². The fourth-order valence-corrected chi connectivity index (χ4v) is 3.72. The molecule has 1 aliphatic carbocycles. The number of aromatic nitrogens is 1. The minimum Gasteiger partial charge on any atom is -0.382 e. The molecule has 1 aromatic heterocycles. The van der Waals surface area contributed by atoms with Crippen LogP contribution in [0, 0.1) is 5.41 Å². The molecule has 0 aliphatic heterocycles. The Hall–Kier alpha value is -1.09. The zero-order chi connectivity index (χ0) is 12.6. The van der Waals surface area contributed by atoms with E-state index in [9.17, 15) is 0 Å². The van der Waals surface area contributed by atoms with Crippen LogP contribution in [0.3, 0.4) is 0 Å². The maximum Gasteiger partial charge on any atom is 0.0813 e. The van der Waals surface area contributed by atoms with Crippen molar-refractivity contribution in [3.8, 4) is 0 Å². The molecule has 1 N–H and O–H groups in total. The Morgan fingerprint density at radius 3 is 3.11 bits per heavy atom. The van der Waals surface area contributed by atoms with Crippen LogP contribution in [0.2, 0.25) is 0 Å². The Kier molecular flexibility index (Phi) is 3.02. The zero-order valence-electron chi connectivity index (χ0n) is 11.1. The summed E-state index contributed by atoms with van der Waals surface area (Å²) in [5.74, 6) is 0. The van der Waals surface area contributed by atoms with Crippen LogP contribution in [0.25, 0.3) is 10.2 Å². The van der Waals surface area contributed by atoms with Gasteiger partial charge in [-0.2, -0.15) is 0 Å². The first kappa shape index (κ1) is 12.0. The summed E-state index contributed by atoms with van der Waals surface area (Å²) < 4.78 is 1.27. The van der Waals surface area contributed by atoms with Gasteiger partial charge in [-0.3, -0.25) is 0 Å². The third-order valence-corrected chi connectivity index (χ3v) is 4.70. The molecule has 0 amide bonds. The first-order chi connectivity index (χ1) is 8.62. The van der Waals surface area contributed by atoms with Gasteiger partial charge in [-0.15, -0.1) is 11.3 Å². The lowest BCUT2D eigenvalue weighted by atomic mass is 9.75. The molecule has 1 atom stereocenters. The lowest BCUT2D eigenvalue weighted by molar-refractivity contribution is 0.229. The molecule has 1 fully saturated rings. The van der Waals surface area contributed by atoms with Crippen molar-refractivity contribution < 1.29 is 0 Å². The predicted molar refractivity (Wildman–Crippen MR) is 79.3 cm³/mol. The Morgan fingerprint density at radius 1 is 1.39 bits per heavy atom. The van der Waals surface area contributed by atoms with Crippen LogP contribution < -0.4 is 5.32 Å². The van der Waals surface area contributed by atoms with Crippen LogP contribution in [-0.2, 0) is 0 Å².